The van der Waals surface area contributed by atoms with Crippen LogP contribution in [-0.2, 0) is 0 Å². The summed E-state index contributed by atoms with van der Waals surface area (Å²) >= 11 is 0. The molecule has 1 aliphatic heterocycles. The molecule has 4 heteroatoms. The van der Waals surface area contributed by atoms with Crippen molar-refractivity contribution in [1.29, 1.82) is 0 Å². The molecule has 0 unspecified atom stereocenters. The molecule has 0 amide bonds. The van der Waals surface area contributed by atoms with Crippen LogP contribution in [-0.4, -0.2) is 0 Å². The molecular weight excluding hydrogens is 352 g/mol. The van der Waals surface area contributed by atoms with Gasteiger partial charge < -0.3 is 17.7 Å². The van der Waals surface area contributed by atoms with Gasteiger partial charge in [0.25, 0.3) is 0 Å². The normalized spacial score (nSPS) is 17.7. The molecule has 0 saturated heterocycles. The van der Waals surface area contributed by atoms with Gasteiger partial charge in [-0.15, -0.1) is 0 Å². The number of rotatable bonds is 0. The first-order valence-electron chi connectivity index (χ1n) is 8.92. The van der Waals surface area contributed by atoms with Gasteiger partial charge in [-0.05, 0) is 97.1 Å². The largest absolute Gasteiger partial charge is 0.457 e. The van der Waals surface area contributed by atoms with Crippen molar-refractivity contribution in [2.24, 2.45) is 0 Å². The van der Waals surface area contributed by atoms with Gasteiger partial charge in [0.1, 0.15) is 46.1 Å². The standard InChI is InChI=1S/C24H16O4/c1-2-18-11-12-20-5-6-22(27-20)15-16-24-8-7-23(28-24)14-13-21-4-3-19(26-21)10-9-17(1)25-18/h1-16H/b10-9-,12-11-,14-13-,16-15-,17-9?,18-11?,19-10?,20-12?,21-13?,22-15?,23-14?,24-16?. The van der Waals surface area contributed by atoms with Crippen molar-refractivity contribution in [2.75, 3.05) is 0 Å². The third-order valence-corrected chi connectivity index (χ3v) is 4.24. The second-order valence-corrected chi connectivity index (χ2v) is 6.29. The summed E-state index contributed by atoms with van der Waals surface area (Å²) in [4.78, 5) is 0. The van der Waals surface area contributed by atoms with Gasteiger partial charge >= 0.3 is 0 Å². The van der Waals surface area contributed by atoms with Crippen LogP contribution in [0.25, 0.3) is 48.6 Å². The third-order valence-electron chi connectivity index (χ3n) is 4.24. The second-order valence-electron chi connectivity index (χ2n) is 6.29. The van der Waals surface area contributed by atoms with Crippen LogP contribution in [0.4, 0.5) is 0 Å². The molecule has 4 nitrogen and oxygen atoms in total. The summed E-state index contributed by atoms with van der Waals surface area (Å²) in [6.07, 6.45) is 15.0. The SMILES string of the molecule is C1=C\c2ccc(o2)/C=C\c2ccc(o2)/C=C\c2ccc(o2)/C=C\c2ccc/1o2. The van der Waals surface area contributed by atoms with E-state index in [1.807, 2.05) is 97.1 Å². The van der Waals surface area contributed by atoms with Crippen LogP contribution in [0.1, 0.15) is 46.1 Å². The molecule has 0 aromatic carbocycles. The predicted octanol–water partition coefficient (Wildman–Crippen LogP) is 7.05. The van der Waals surface area contributed by atoms with E-state index in [4.69, 9.17) is 17.7 Å². The fraction of sp³-hybridized carbons (Fsp3) is 0. The van der Waals surface area contributed by atoms with E-state index in [-0.39, 0.29) is 0 Å². The molecule has 4 aromatic heterocycles. The minimum absolute atomic E-state index is 0.744. The van der Waals surface area contributed by atoms with Crippen molar-refractivity contribution in [2.45, 2.75) is 0 Å². The lowest BCUT2D eigenvalue weighted by Crippen LogP contribution is -1.67. The highest BCUT2D eigenvalue weighted by Crippen LogP contribution is 2.20. The summed E-state index contributed by atoms with van der Waals surface area (Å²) in [5.41, 5.74) is 0. The molecule has 1 aliphatic rings. The lowest BCUT2D eigenvalue weighted by atomic mass is 10.3. The van der Waals surface area contributed by atoms with Gasteiger partial charge in [0.15, 0.2) is 0 Å². The molecule has 5 rings (SSSR count). The Labute approximate surface area is 161 Å². The van der Waals surface area contributed by atoms with Crippen LogP contribution < -0.4 is 0 Å². The van der Waals surface area contributed by atoms with Crippen molar-refractivity contribution in [3.05, 3.63) is 94.6 Å². The van der Waals surface area contributed by atoms with Crippen LogP contribution in [0.5, 0.6) is 0 Å². The Hall–Kier alpha value is -3.92. The molecule has 0 spiro atoms. The zero-order valence-corrected chi connectivity index (χ0v) is 14.9. The van der Waals surface area contributed by atoms with Crippen LogP contribution >= 0.6 is 0 Å². The summed E-state index contributed by atoms with van der Waals surface area (Å²) in [5.74, 6) is 5.95. The lowest BCUT2D eigenvalue weighted by molar-refractivity contribution is 0.538. The van der Waals surface area contributed by atoms with E-state index in [0.29, 0.717) is 0 Å². The molecule has 0 atom stereocenters. The van der Waals surface area contributed by atoms with Gasteiger partial charge in [0.2, 0.25) is 0 Å². The van der Waals surface area contributed by atoms with Crippen LogP contribution in [0.3, 0.4) is 0 Å². The minimum Gasteiger partial charge on any atom is -0.457 e. The van der Waals surface area contributed by atoms with E-state index in [0.717, 1.165) is 46.1 Å². The molecule has 8 bridgehead atoms. The van der Waals surface area contributed by atoms with Gasteiger partial charge in [-0.25, -0.2) is 0 Å². The van der Waals surface area contributed by atoms with Crippen LogP contribution in [0.15, 0.2) is 66.2 Å². The van der Waals surface area contributed by atoms with E-state index in [9.17, 15) is 0 Å². The smallest absolute Gasteiger partial charge is 0.127 e. The summed E-state index contributed by atoms with van der Waals surface area (Å²) in [6.45, 7) is 0. The summed E-state index contributed by atoms with van der Waals surface area (Å²) < 4.78 is 23.1. The first-order valence-corrected chi connectivity index (χ1v) is 8.92. The molecule has 28 heavy (non-hydrogen) atoms. The molecule has 0 fully saturated rings. The Morgan fingerprint density at radius 3 is 0.536 bits per heavy atom. The van der Waals surface area contributed by atoms with E-state index < -0.39 is 0 Å². The van der Waals surface area contributed by atoms with Gasteiger partial charge in [0, 0.05) is 0 Å². The van der Waals surface area contributed by atoms with Gasteiger partial charge in [-0.1, -0.05) is 0 Å². The van der Waals surface area contributed by atoms with Gasteiger partial charge in [0.05, 0.1) is 0 Å². The van der Waals surface area contributed by atoms with Crippen molar-refractivity contribution < 1.29 is 17.7 Å². The Morgan fingerprint density at radius 2 is 0.393 bits per heavy atom. The number of fused-ring (bicyclic) bond motifs is 8. The molecular formula is C24H16O4. The highest BCUT2D eigenvalue weighted by molar-refractivity contribution is 5.72. The molecule has 4 aromatic rings. The average Bonchev–Trinajstić information content (AvgIpc) is 3.49. The first kappa shape index (κ1) is 16.3. The Morgan fingerprint density at radius 1 is 0.250 bits per heavy atom. The zero-order valence-electron chi connectivity index (χ0n) is 14.9. The zero-order chi connectivity index (χ0) is 18.8. The minimum atomic E-state index is 0.744. The summed E-state index contributed by atoms with van der Waals surface area (Å²) in [5, 5.41) is 0. The van der Waals surface area contributed by atoms with E-state index >= 15 is 0 Å². The van der Waals surface area contributed by atoms with Gasteiger partial charge in [-0.2, -0.15) is 0 Å². The van der Waals surface area contributed by atoms with E-state index in [1.165, 1.54) is 0 Å². The first-order chi connectivity index (χ1) is 13.8. The van der Waals surface area contributed by atoms with E-state index in [1.54, 1.807) is 0 Å². The summed E-state index contributed by atoms with van der Waals surface area (Å²) in [6, 6.07) is 15.3. The van der Waals surface area contributed by atoms with E-state index in [2.05, 4.69) is 0 Å². The molecule has 0 radical (unpaired) electrons. The molecule has 0 saturated carbocycles. The average molecular weight is 368 g/mol. The third kappa shape index (κ3) is 3.62. The van der Waals surface area contributed by atoms with Crippen LogP contribution in [0, 0.1) is 0 Å². The number of hydrogen-bond donors (Lipinski definition) is 0. The Bertz CT molecular complexity index is 942. The van der Waals surface area contributed by atoms with Crippen molar-refractivity contribution in [1.82, 2.24) is 0 Å². The topological polar surface area (TPSA) is 52.6 Å². The molecule has 0 aliphatic carbocycles. The Balaban J connectivity index is 1.52. The van der Waals surface area contributed by atoms with Gasteiger partial charge in [-0.3, -0.25) is 0 Å². The number of hydrogen-bond acceptors (Lipinski definition) is 4. The maximum atomic E-state index is 5.78. The molecule has 136 valence electrons. The Kier molecular flexibility index (Phi) is 4.07. The molecule has 0 N–H and O–H groups in total. The lowest BCUT2D eigenvalue weighted by Gasteiger charge is -1.90. The second kappa shape index (κ2) is 7.00. The maximum absolute atomic E-state index is 5.78. The fourth-order valence-corrected chi connectivity index (χ4v) is 2.85. The van der Waals surface area contributed by atoms with Crippen LogP contribution in [0.2, 0.25) is 0 Å². The summed E-state index contributed by atoms with van der Waals surface area (Å²) in [7, 11) is 0. The monoisotopic (exact) mass is 368 g/mol. The predicted molar refractivity (Wildman–Crippen MR) is 111 cm³/mol. The quantitative estimate of drug-likeness (QED) is 0.294. The maximum Gasteiger partial charge on any atom is 0.127 e. The highest BCUT2D eigenvalue weighted by Gasteiger charge is 2.02. The van der Waals surface area contributed by atoms with Crippen molar-refractivity contribution in [3.8, 4) is 0 Å². The number of furan rings is 4. The molecule has 5 heterocycles. The van der Waals surface area contributed by atoms with Crippen molar-refractivity contribution in [3.63, 3.8) is 0 Å². The van der Waals surface area contributed by atoms with Crippen molar-refractivity contribution >= 4 is 48.6 Å². The highest BCUT2D eigenvalue weighted by atomic mass is 16.4. The fourth-order valence-electron chi connectivity index (χ4n) is 2.85.